The minimum atomic E-state index is 0.535. The fourth-order valence-corrected chi connectivity index (χ4v) is 4.67. The molecule has 0 saturated carbocycles. The zero-order valence-corrected chi connectivity index (χ0v) is 19.1. The molecule has 32 heavy (non-hydrogen) atoms. The predicted molar refractivity (Wildman–Crippen MR) is 126 cm³/mol. The molecule has 0 amide bonds. The van der Waals surface area contributed by atoms with Gasteiger partial charge in [-0.25, -0.2) is 0 Å². The van der Waals surface area contributed by atoms with Crippen LogP contribution in [0, 0.1) is 6.92 Å². The second kappa shape index (κ2) is 8.63. The van der Waals surface area contributed by atoms with Crippen LogP contribution in [0.5, 0.6) is 0 Å². The molecule has 8 heteroatoms. The average Bonchev–Trinajstić information content (AvgIpc) is 3.54. The highest BCUT2D eigenvalue weighted by Crippen LogP contribution is 2.32. The van der Waals surface area contributed by atoms with Gasteiger partial charge < -0.3 is 13.7 Å². The molecule has 0 bridgehead atoms. The van der Waals surface area contributed by atoms with Crippen LogP contribution in [0.4, 0.5) is 0 Å². The van der Waals surface area contributed by atoms with Gasteiger partial charge >= 0.3 is 0 Å². The van der Waals surface area contributed by atoms with Crippen LogP contribution in [0.3, 0.4) is 0 Å². The molecule has 0 fully saturated rings. The van der Waals surface area contributed by atoms with E-state index in [2.05, 4.69) is 80.7 Å². The maximum Gasteiger partial charge on any atom is 0.237 e. The van der Waals surface area contributed by atoms with E-state index in [4.69, 9.17) is 4.52 Å². The maximum atomic E-state index is 5.47. The monoisotopic (exact) mass is 444 g/mol. The molecule has 0 atom stereocenters. The van der Waals surface area contributed by atoms with E-state index in [0.29, 0.717) is 17.5 Å². The zero-order valence-electron chi connectivity index (χ0n) is 18.3. The van der Waals surface area contributed by atoms with Gasteiger partial charge in [-0.2, -0.15) is 4.98 Å². The van der Waals surface area contributed by atoms with Gasteiger partial charge in [0.2, 0.25) is 11.7 Å². The Morgan fingerprint density at radius 3 is 2.56 bits per heavy atom. The first kappa shape index (κ1) is 20.5. The highest BCUT2D eigenvalue weighted by atomic mass is 32.2. The van der Waals surface area contributed by atoms with Crippen molar-refractivity contribution < 1.29 is 4.52 Å². The highest BCUT2D eigenvalue weighted by Gasteiger charge is 2.19. The van der Waals surface area contributed by atoms with Gasteiger partial charge in [0.15, 0.2) is 11.0 Å². The topological polar surface area (TPSA) is 74.6 Å². The molecule has 0 aliphatic carbocycles. The van der Waals surface area contributed by atoms with Crippen molar-refractivity contribution in [3.8, 4) is 22.8 Å². The van der Waals surface area contributed by atoms with Crippen molar-refractivity contribution in [2.45, 2.75) is 44.8 Å². The molecule has 0 aliphatic rings. The van der Waals surface area contributed by atoms with E-state index in [1.54, 1.807) is 11.8 Å². The van der Waals surface area contributed by atoms with Gasteiger partial charge in [-0.15, -0.1) is 10.2 Å². The molecule has 0 aliphatic heterocycles. The normalized spacial score (nSPS) is 11.5. The third-order valence-electron chi connectivity index (χ3n) is 5.51. The van der Waals surface area contributed by atoms with Crippen LogP contribution in [0.1, 0.15) is 25.3 Å². The summed E-state index contributed by atoms with van der Waals surface area (Å²) in [6.07, 6.45) is 2.17. The van der Waals surface area contributed by atoms with Gasteiger partial charge in [0.1, 0.15) is 0 Å². The fourth-order valence-electron chi connectivity index (χ4n) is 3.83. The van der Waals surface area contributed by atoms with Crippen LogP contribution in [0.25, 0.3) is 33.7 Å². The molecule has 0 N–H and O–H groups in total. The molecule has 0 saturated heterocycles. The Morgan fingerprint density at radius 1 is 0.969 bits per heavy atom. The Morgan fingerprint density at radius 2 is 1.78 bits per heavy atom. The van der Waals surface area contributed by atoms with Gasteiger partial charge in [0.25, 0.3) is 0 Å². The molecule has 0 radical (unpaired) electrons. The predicted octanol–water partition coefficient (Wildman–Crippen LogP) is 5.59. The summed E-state index contributed by atoms with van der Waals surface area (Å²) in [7, 11) is 0. The van der Waals surface area contributed by atoms with E-state index in [1.807, 2.05) is 24.3 Å². The Kier molecular flexibility index (Phi) is 5.53. The van der Waals surface area contributed by atoms with Crippen molar-refractivity contribution >= 4 is 22.7 Å². The summed E-state index contributed by atoms with van der Waals surface area (Å²) in [4.78, 5) is 4.54. The molecular weight excluding hydrogens is 420 g/mol. The van der Waals surface area contributed by atoms with Crippen molar-refractivity contribution in [2.75, 3.05) is 0 Å². The van der Waals surface area contributed by atoms with Crippen LogP contribution in [0.2, 0.25) is 0 Å². The summed E-state index contributed by atoms with van der Waals surface area (Å²) in [6, 6.07) is 16.5. The Bertz CT molecular complexity index is 1370. The van der Waals surface area contributed by atoms with Gasteiger partial charge in [-0.3, -0.25) is 0 Å². The largest absolute Gasteiger partial charge is 0.347 e. The molecule has 3 aromatic heterocycles. The third-order valence-corrected chi connectivity index (χ3v) is 6.46. The summed E-state index contributed by atoms with van der Waals surface area (Å²) in [6.45, 7) is 7.99. The number of para-hydroxylation sites is 1. The second-order valence-corrected chi connectivity index (χ2v) is 8.51. The Labute approximate surface area is 190 Å². The van der Waals surface area contributed by atoms with Gasteiger partial charge in [-0.05, 0) is 26.8 Å². The number of hydrogen-bond acceptors (Lipinski definition) is 6. The summed E-state index contributed by atoms with van der Waals surface area (Å²) in [5.41, 5.74) is 4.45. The molecule has 5 rings (SSSR count). The summed E-state index contributed by atoms with van der Waals surface area (Å²) in [5, 5.41) is 15.2. The number of fused-ring (bicyclic) bond motifs is 1. The zero-order chi connectivity index (χ0) is 22.1. The molecular formula is C24H24N6OS. The van der Waals surface area contributed by atoms with Crippen LogP contribution < -0.4 is 0 Å². The van der Waals surface area contributed by atoms with Gasteiger partial charge in [-0.1, -0.05) is 64.9 Å². The number of rotatable bonds is 7. The van der Waals surface area contributed by atoms with Crippen molar-refractivity contribution in [1.82, 2.24) is 29.5 Å². The summed E-state index contributed by atoms with van der Waals surface area (Å²) >= 11 is 1.56. The molecule has 7 nitrogen and oxygen atoms in total. The number of hydrogen-bond donors (Lipinski definition) is 0. The van der Waals surface area contributed by atoms with E-state index in [9.17, 15) is 0 Å². The lowest BCUT2D eigenvalue weighted by atomic mass is 10.1. The van der Waals surface area contributed by atoms with E-state index in [0.717, 1.165) is 35.2 Å². The lowest BCUT2D eigenvalue weighted by molar-refractivity contribution is 0.391. The summed E-state index contributed by atoms with van der Waals surface area (Å²) in [5.74, 6) is 2.59. The Hall–Kier alpha value is -3.39. The number of aryl methyl sites for hydroxylation is 2. The number of thioether (sulfide) groups is 1. The second-order valence-electron chi connectivity index (χ2n) is 7.56. The minimum absolute atomic E-state index is 0.535. The lowest BCUT2D eigenvalue weighted by Crippen LogP contribution is -2.00. The molecule has 3 heterocycles. The van der Waals surface area contributed by atoms with Crippen molar-refractivity contribution in [3.63, 3.8) is 0 Å². The summed E-state index contributed by atoms with van der Waals surface area (Å²) < 4.78 is 9.86. The van der Waals surface area contributed by atoms with Crippen molar-refractivity contribution in [1.29, 1.82) is 0 Å². The van der Waals surface area contributed by atoms with E-state index >= 15 is 0 Å². The van der Waals surface area contributed by atoms with Crippen LogP contribution in [0.15, 0.2) is 64.4 Å². The van der Waals surface area contributed by atoms with E-state index in [1.165, 1.54) is 16.5 Å². The first-order chi connectivity index (χ1) is 15.7. The molecule has 2 aromatic carbocycles. The SMILES string of the molecule is CCn1c(SCc2nc(-c3ccc(C)cc3)no2)nnc1-c1cn(CC)c2ccccc12. The first-order valence-corrected chi connectivity index (χ1v) is 11.7. The highest BCUT2D eigenvalue weighted by molar-refractivity contribution is 7.98. The van der Waals surface area contributed by atoms with Gasteiger partial charge in [0, 0.05) is 41.3 Å². The number of aromatic nitrogens is 6. The average molecular weight is 445 g/mol. The lowest BCUT2D eigenvalue weighted by Gasteiger charge is -2.05. The standard InChI is InChI=1S/C24H24N6OS/c1-4-29-14-19(18-8-6-7-9-20(18)29)23-26-27-24(30(23)5-2)32-15-21-25-22(28-31-21)17-12-10-16(3)11-13-17/h6-14H,4-5,15H2,1-3H3. The molecule has 162 valence electrons. The smallest absolute Gasteiger partial charge is 0.237 e. The van der Waals surface area contributed by atoms with E-state index < -0.39 is 0 Å². The van der Waals surface area contributed by atoms with Crippen LogP contribution >= 0.6 is 11.8 Å². The molecule has 5 aromatic rings. The number of benzene rings is 2. The minimum Gasteiger partial charge on any atom is -0.347 e. The maximum absolute atomic E-state index is 5.47. The molecule has 0 unspecified atom stereocenters. The quantitative estimate of drug-likeness (QED) is 0.305. The Balaban J connectivity index is 1.40. The fraction of sp³-hybridized carbons (Fsp3) is 0.250. The molecule has 0 spiro atoms. The van der Waals surface area contributed by atoms with Crippen LogP contribution in [-0.2, 0) is 18.8 Å². The van der Waals surface area contributed by atoms with Crippen LogP contribution in [-0.4, -0.2) is 29.5 Å². The third kappa shape index (κ3) is 3.71. The first-order valence-electron chi connectivity index (χ1n) is 10.7. The van der Waals surface area contributed by atoms with E-state index in [-0.39, 0.29) is 0 Å². The van der Waals surface area contributed by atoms with Gasteiger partial charge in [0.05, 0.1) is 5.75 Å². The van der Waals surface area contributed by atoms with Crippen molar-refractivity contribution in [3.05, 3.63) is 66.2 Å². The number of nitrogens with zero attached hydrogens (tertiary/aromatic N) is 6. The van der Waals surface area contributed by atoms with Crippen molar-refractivity contribution in [2.24, 2.45) is 0 Å².